The van der Waals surface area contributed by atoms with Crippen molar-refractivity contribution in [1.29, 1.82) is 0 Å². The molecule has 0 bridgehead atoms. The third-order valence-corrected chi connectivity index (χ3v) is 11.9. The number of rotatable bonds is 6. The van der Waals surface area contributed by atoms with Crippen molar-refractivity contribution in [2.45, 2.75) is 0 Å². The summed E-state index contributed by atoms with van der Waals surface area (Å²) in [5.74, 6) is 1.96. The molecule has 11 rings (SSSR count). The predicted molar refractivity (Wildman–Crippen MR) is 234 cm³/mol. The molecular formula is C51H32N4S. The zero-order chi connectivity index (χ0) is 37.0. The largest absolute Gasteiger partial charge is 0.309 e. The molecule has 262 valence electrons. The van der Waals surface area contributed by atoms with Gasteiger partial charge in [0.1, 0.15) is 0 Å². The molecule has 8 aromatic carbocycles. The van der Waals surface area contributed by atoms with Gasteiger partial charge in [-0.05, 0) is 70.8 Å². The zero-order valence-corrected chi connectivity index (χ0v) is 31.0. The number of aromatic nitrogens is 4. The van der Waals surface area contributed by atoms with Crippen LogP contribution in [0.4, 0.5) is 0 Å². The van der Waals surface area contributed by atoms with E-state index >= 15 is 0 Å². The molecule has 3 heterocycles. The molecule has 4 nitrogen and oxygen atoms in total. The molecule has 0 radical (unpaired) electrons. The minimum Gasteiger partial charge on any atom is -0.309 e. The molecule has 0 aliphatic heterocycles. The number of hydrogen-bond acceptors (Lipinski definition) is 4. The lowest BCUT2D eigenvalue weighted by Crippen LogP contribution is -2.00. The van der Waals surface area contributed by atoms with Gasteiger partial charge in [0.25, 0.3) is 0 Å². The smallest absolute Gasteiger partial charge is 0.165 e. The van der Waals surface area contributed by atoms with Gasteiger partial charge in [0, 0.05) is 53.3 Å². The molecule has 3 aromatic heterocycles. The average molecular weight is 733 g/mol. The Morgan fingerprint density at radius 2 is 0.946 bits per heavy atom. The van der Waals surface area contributed by atoms with Crippen LogP contribution in [0, 0.1) is 0 Å². The number of benzene rings is 8. The van der Waals surface area contributed by atoms with Crippen LogP contribution in [0.1, 0.15) is 0 Å². The van der Waals surface area contributed by atoms with Crippen molar-refractivity contribution in [3.63, 3.8) is 0 Å². The fourth-order valence-electron chi connectivity index (χ4n) is 8.07. The van der Waals surface area contributed by atoms with E-state index < -0.39 is 0 Å². The summed E-state index contributed by atoms with van der Waals surface area (Å²) in [7, 11) is 0. The molecule has 0 atom stereocenters. The van der Waals surface area contributed by atoms with E-state index in [-0.39, 0.29) is 0 Å². The maximum absolute atomic E-state index is 5.21. The second kappa shape index (κ2) is 13.3. The summed E-state index contributed by atoms with van der Waals surface area (Å²) in [5.41, 5.74) is 11.1. The second-order valence-corrected chi connectivity index (χ2v) is 15.1. The maximum atomic E-state index is 5.21. The normalized spacial score (nSPS) is 11.6. The van der Waals surface area contributed by atoms with Crippen LogP contribution in [-0.4, -0.2) is 19.5 Å². The molecular weight excluding hydrogens is 701 g/mol. The van der Waals surface area contributed by atoms with Crippen LogP contribution in [0.2, 0.25) is 0 Å². The molecule has 0 aliphatic rings. The van der Waals surface area contributed by atoms with Crippen molar-refractivity contribution >= 4 is 53.3 Å². The van der Waals surface area contributed by atoms with E-state index in [1.165, 1.54) is 48.4 Å². The van der Waals surface area contributed by atoms with Crippen LogP contribution >= 0.6 is 11.3 Å². The summed E-state index contributed by atoms with van der Waals surface area (Å²) in [5, 5.41) is 4.92. The molecule has 0 N–H and O–H groups in total. The minimum atomic E-state index is 0.647. The Morgan fingerprint density at radius 1 is 0.357 bits per heavy atom. The quantitative estimate of drug-likeness (QED) is 0.171. The van der Waals surface area contributed by atoms with Crippen LogP contribution in [-0.2, 0) is 0 Å². The van der Waals surface area contributed by atoms with Crippen molar-refractivity contribution in [3.05, 3.63) is 194 Å². The summed E-state index contributed by atoms with van der Waals surface area (Å²) in [6, 6.07) is 68.5. The summed E-state index contributed by atoms with van der Waals surface area (Å²) in [6.45, 7) is 0. The molecule has 0 spiro atoms. The molecule has 0 unspecified atom stereocenters. The van der Waals surface area contributed by atoms with Crippen molar-refractivity contribution in [1.82, 2.24) is 19.5 Å². The van der Waals surface area contributed by atoms with Crippen LogP contribution < -0.4 is 0 Å². The van der Waals surface area contributed by atoms with Crippen LogP contribution in [0.25, 0.3) is 104 Å². The molecule has 5 heteroatoms. The Kier molecular flexibility index (Phi) is 7.64. The highest BCUT2D eigenvalue weighted by molar-refractivity contribution is 7.26. The number of fused-ring (bicyclic) bond motifs is 6. The van der Waals surface area contributed by atoms with Gasteiger partial charge in [-0.25, -0.2) is 15.0 Å². The summed E-state index contributed by atoms with van der Waals surface area (Å²) in [4.78, 5) is 15.4. The van der Waals surface area contributed by atoms with Gasteiger partial charge in [0.15, 0.2) is 17.5 Å². The highest BCUT2D eigenvalue weighted by atomic mass is 32.1. The molecule has 56 heavy (non-hydrogen) atoms. The lowest BCUT2D eigenvalue weighted by atomic mass is 9.97. The number of hydrogen-bond donors (Lipinski definition) is 0. The number of para-hydroxylation sites is 2. The maximum Gasteiger partial charge on any atom is 0.165 e. The third-order valence-electron chi connectivity index (χ3n) is 10.7. The van der Waals surface area contributed by atoms with Gasteiger partial charge in [0.05, 0.1) is 11.0 Å². The highest BCUT2D eigenvalue weighted by Crippen LogP contribution is 2.45. The van der Waals surface area contributed by atoms with E-state index in [0.717, 1.165) is 38.2 Å². The molecule has 0 aliphatic carbocycles. The van der Waals surface area contributed by atoms with E-state index in [1.54, 1.807) is 11.3 Å². The van der Waals surface area contributed by atoms with Crippen molar-refractivity contribution in [2.24, 2.45) is 0 Å². The van der Waals surface area contributed by atoms with Gasteiger partial charge in [0.2, 0.25) is 0 Å². The van der Waals surface area contributed by atoms with Gasteiger partial charge in [-0.3, -0.25) is 0 Å². The molecule has 0 fully saturated rings. The molecule has 0 saturated carbocycles. The fraction of sp³-hybridized carbons (Fsp3) is 0. The van der Waals surface area contributed by atoms with E-state index in [1.807, 2.05) is 24.3 Å². The summed E-state index contributed by atoms with van der Waals surface area (Å²) < 4.78 is 4.75. The second-order valence-electron chi connectivity index (χ2n) is 14.0. The summed E-state index contributed by atoms with van der Waals surface area (Å²) in [6.07, 6.45) is 0. The minimum absolute atomic E-state index is 0.647. The third kappa shape index (κ3) is 5.40. The Labute approximate surface area is 327 Å². The van der Waals surface area contributed by atoms with E-state index in [0.29, 0.717) is 17.5 Å². The van der Waals surface area contributed by atoms with Crippen molar-refractivity contribution in [3.8, 4) is 62.1 Å². The van der Waals surface area contributed by atoms with Gasteiger partial charge in [-0.2, -0.15) is 0 Å². The van der Waals surface area contributed by atoms with E-state index in [9.17, 15) is 0 Å². The number of thiophene rings is 1. The van der Waals surface area contributed by atoms with E-state index in [4.69, 9.17) is 15.0 Å². The number of nitrogens with zero attached hydrogens (tertiary/aromatic N) is 4. The van der Waals surface area contributed by atoms with Gasteiger partial charge >= 0.3 is 0 Å². The van der Waals surface area contributed by atoms with Crippen molar-refractivity contribution < 1.29 is 0 Å². The Morgan fingerprint density at radius 3 is 1.77 bits per heavy atom. The lowest BCUT2D eigenvalue weighted by Gasteiger charge is -2.10. The molecule has 0 amide bonds. The topological polar surface area (TPSA) is 43.6 Å². The predicted octanol–water partition coefficient (Wildman–Crippen LogP) is 13.7. The first-order valence-corrected chi connectivity index (χ1v) is 19.6. The standard InChI is InChI=1S/C51H32N4S/c1-4-15-33(16-5-1)35-19-12-20-37(31-35)50-52-49(34-17-6-2-7-18-34)53-51(54-50)42-26-13-25-41-47-39(24-14-28-46(47)56-48(41)42)36-29-30-45-43(32-36)40-23-10-11-27-44(40)55(45)38-21-8-3-9-22-38/h1-32H. The molecule has 11 aromatic rings. The van der Waals surface area contributed by atoms with Gasteiger partial charge in [-0.1, -0.05) is 146 Å². The van der Waals surface area contributed by atoms with E-state index in [2.05, 4.69) is 174 Å². The zero-order valence-electron chi connectivity index (χ0n) is 30.2. The van der Waals surface area contributed by atoms with Crippen LogP contribution in [0.5, 0.6) is 0 Å². The average Bonchev–Trinajstić information content (AvgIpc) is 3.83. The Balaban J connectivity index is 1.09. The Hall–Kier alpha value is -7.21. The summed E-state index contributed by atoms with van der Waals surface area (Å²) >= 11 is 1.80. The first-order valence-electron chi connectivity index (χ1n) is 18.8. The van der Waals surface area contributed by atoms with Gasteiger partial charge < -0.3 is 4.57 Å². The molecule has 0 saturated heterocycles. The van der Waals surface area contributed by atoms with Crippen LogP contribution in [0.3, 0.4) is 0 Å². The Bertz CT molecular complexity index is 3240. The van der Waals surface area contributed by atoms with Gasteiger partial charge in [-0.15, -0.1) is 11.3 Å². The fourth-order valence-corrected chi connectivity index (χ4v) is 9.31. The first kappa shape index (κ1) is 32.2. The SMILES string of the molecule is c1ccc(-c2cccc(-c3nc(-c4ccccc4)nc(-c4cccc5c4sc4cccc(-c6ccc7c(c6)c6ccccc6n7-c6ccccc6)c45)n3)c2)cc1. The highest BCUT2D eigenvalue weighted by Gasteiger charge is 2.20. The van der Waals surface area contributed by atoms with Crippen LogP contribution in [0.15, 0.2) is 194 Å². The van der Waals surface area contributed by atoms with Crippen molar-refractivity contribution in [2.75, 3.05) is 0 Å². The monoisotopic (exact) mass is 732 g/mol. The first-order chi connectivity index (χ1) is 27.8. The lowest BCUT2D eigenvalue weighted by molar-refractivity contribution is 1.08.